The zero-order chi connectivity index (χ0) is 11.9. The van der Waals surface area contributed by atoms with Gasteiger partial charge in [-0.15, -0.1) is 0 Å². The number of rotatable bonds is 5. The number of hydrogen-bond acceptors (Lipinski definition) is 2. The van der Waals surface area contributed by atoms with Crippen LogP contribution < -0.4 is 0 Å². The SMILES string of the molecule is C=COCCCC1(O)C2CC3CC(C2)CC1C3. The molecule has 0 heterocycles. The van der Waals surface area contributed by atoms with E-state index in [1.54, 1.807) is 0 Å². The van der Waals surface area contributed by atoms with Gasteiger partial charge in [-0.3, -0.25) is 0 Å². The largest absolute Gasteiger partial charge is 0.502 e. The Balaban J connectivity index is 1.63. The lowest BCUT2D eigenvalue weighted by Crippen LogP contribution is -2.57. The summed E-state index contributed by atoms with van der Waals surface area (Å²) in [5.74, 6) is 3.04. The van der Waals surface area contributed by atoms with Gasteiger partial charge >= 0.3 is 0 Å². The number of hydrogen-bond donors (Lipinski definition) is 1. The first-order valence-electron chi connectivity index (χ1n) is 7.17. The molecule has 17 heavy (non-hydrogen) atoms. The zero-order valence-corrected chi connectivity index (χ0v) is 10.6. The van der Waals surface area contributed by atoms with Gasteiger partial charge in [-0.2, -0.15) is 0 Å². The topological polar surface area (TPSA) is 29.5 Å². The predicted octanol–water partition coefficient (Wildman–Crippen LogP) is 3.11. The van der Waals surface area contributed by atoms with Crippen LogP contribution in [0.3, 0.4) is 0 Å². The second kappa shape index (κ2) is 4.31. The fourth-order valence-corrected chi connectivity index (χ4v) is 4.93. The van der Waals surface area contributed by atoms with E-state index in [-0.39, 0.29) is 5.60 Å². The third kappa shape index (κ3) is 1.91. The molecule has 0 saturated heterocycles. The number of ether oxygens (including phenoxy) is 1. The predicted molar refractivity (Wildman–Crippen MR) is 67.4 cm³/mol. The van der Waals surface area contributed by atoms with E-state index in [1.807, 2.05) is 0 Å². The molecule has 0 amide bonds. The Hall–Kier alpha value is -0.500. The Kier molecular flexibility index (Phi) is 2.94. The Morgan fingerprint density at radius 1 is 1.12 bits per heavy atom. The molecule has 0 spiro atoms. The summed E-state index contributed by atoms with van der Waals surface area (Å²) in [6, 6.07) is 0. The van der Waals surface area contributed by atoms with E-state index >= 15 is 0 Å². The van der Waals surface area contributed by atoms with E-state index in [0.29, 0.717) is 18.4 Å². The summed E-state index contributed by atoms with van der Waals surface area (Å²) in [5, 5.41) is 11.0. The maximum absolute atomic E-state index is 11.0. The summed E-state index contributed by atoms with van der Waals surface area (Å²) in [7, 11) is 0. The molecule has 0 aromatic carbocycles. The Morgan fingerprint density at radius 3 is 2.24 bits per heavy atom. The minimum atomic E-state index is -0.363. The Bertz CT molecular complexity index is 269. The minimum absolute atomic E-state index is 0.363. The van der Waals surface area contributed by atoms with Gasteiger partial charge in [0.2, 0.25) is 0 Å². The molecule has 0 aromatic heterocycles. The summed E-state index contributed by atoms with van der Waals surface area (Å²) in [5.41, 5.74) is -0.363. The van der Waals surface area contributed by atoms with Gasteiger partial charge in [0.25, 0.3) is 0 Å². The van der Waals surface area contributed by atoms with E-state index < -0.39 is 0 Å². The molecule has 2 heteroatoms. The summed E-state index contributed by atoms with van der Waals surface area (Å²) >= 11 is 0. The highest BCUT2D eigenvalue weighted by Crippen LogP contribution is 2.59. The maximum Gasteiger partial charge on any atom is 0.0874 e. The molecule has 4 rings (SSSR count). The monoisotopic (exact) mass is 236 g/mol. The summed E-state index contributed by atoms with van der Waals surface area (Å²) in [6.07, 6.45) is 9.97. The van der Waals surface area contributed by atoms with Crippen LogP contribution in [0.15, 0.2) is 12.8 Å². The molecule has 4 bridgehead atoms. The van der Waals surface area contributed by atoms with Gasteiger partial charge in [-0.25, -0.2) is 0 Å². The highest BCUT2D eigenvalue weighted by molar-refractivity contribution is 5.06. The van der Waals surface area contributed by atoms with Crippen molar-refractivity contribution in [2.45, 2.75) is 50.5 Å². The number of aliphatic hydroxyl groups is 1. The molecule has 4 fully saturated rings. The zero-order valence-electron chi connectivity index (χ0n) is 10.6. The second-order valence-electron chi connectivity index (χ2n) is 6.44. The van der Waals surface area contributed by atoms with Crippen molar-refractivity contribution < 1.29 is 9.84 Å². The van der Waals surface area contributed by atoms with Crippen molar-refractivity contribution in [2.24, 2.45) is 23.7 Å². The quantitative estimate of drug-likeness (QED) is 0.587. The van der Waals surface area contributed by atoms with Gasteiger partial charge < -0.3 is 9.84 Å². The molecule has 1 N–H and O–H groups in total. The van der Waals surface area contributed by atoms with E-state index in [2.05, 4.69) is 6.58 Å². The summed E-state index contributed by atoms with van der Waals surface area (Å²) < 4.78 is 5.17. The average molecular weight is 236 g/mol. The van der Waals surface area contributed by atoms with E-state index in [4.69, 9.17) is 4.74 Å². The van der Waals surface area contributed by atoms with Gasteiger partial charge in [0.1, 0.15) is 0 Å². The van der Waals surface area contributed by atoms with Crippen molar-refractivity contribution in [3.63, 3.8) is 0 Å². The van der Waals surface area contributed by atoms with E-state index in [0.717, 1.165) is 24.7 Å². The fourth-order valence-electron chi connectivity index (χ4n) is 4.93. The van der Waals surface area contributed by atoms with Gasteiger partial charge in [0, 0.05) is 0 Å². The maximum atomic E-state index is 11.0. The van der Waals surface area contributed by atoms with Crippen LogP contribution in [-0.4, -0.2) is 17.3 Å². The smallest absolute Gasteiger partial charge is 0.0874 e. The van der Waals surface area contributed by atoms with Gasteiger partial charge in [0.05, 0.1) is 18.5 Å². The molecule has 4 saturated carbocycles. The van der Waals surface area contributed by atoms with Crippen molar-refractivity contribution in [1.82, 2.24) is 0 Å². The standard InChI is InChI=1S/C15H24O2/c1-2-17-5-3-4-15(16)13-7-11-6-12(9-13)10-14(15)8-11/h2,11-14,16H,1,3-10H2. The molecule has 4 aliphatic rings. The van der Waals surface area contributed by atoms with E-state index in [9.17, 15) is 5.11 Å². The van der Waals surface area contributed by atoms with Crippen LogP contribution in [0.1, 0.15) is 44.9 Å². The first-order valence-corrected chi connectivity index (χ1v) is 7.17. The van der Waals surface area contributed by atoms with Gasteiger partial charge in [-0.05, 0) is 68.6 Å². The molecular weight excluding hydrogens is 212 g/mol. The minimum Gasteiger partial charge on any atom is -0.502 e. The molecule has 0 aromatic rings. The van der Waals surface area contributed by atoms with E-state index in [1.165, 1.54) is 38.4 Å². The van der Waals surface area contributed by atoms with Crippen molar-refractivity contribution >= 4 is 0 Å². The van der Waals surface area contributed by atoms with Crippen LogP contribution >= 0.6 is 0 Å². The molecule has 4 aliphatic carbocycles. The van der Waals surface area contributed by atoms with Crippen LogP contribution in [0, 0.1) is 23.7 Å². The van der Waals surface area contributed by atoms with Crippen LogP contribution in [0.2, 0.25) is 0 Å². The molecule has 2 nitrogen and oxygen atoms in total. The Morgan fingerprint density at radius 2 is 1.71 bits per heavy atom. The summed E-state index contributed by atoms with van der Waals surface area (Å²) in [4.78, 5) is 0. The third-order valence-corrected chi connectivity index (χ3v) is 5.51. The highest BCUT2D eigenvalue weighted by atomic mass is 16.5. The average Bonchev–Trinajstić information content (AvgIpc) is 2.31. The van der Waals surface area contributed by atoms with Crippen LogP contribution in [0.4, 0.5) is 0 Å². The van der Waals surface area contributed by atoms with Crippen molar-refractivity contribution in [2.75, 3.05) is 6.61 Å². The molecule has 0 radical (unpaired) electrons. The molecule has 96 valence electrons. The second-order valence-corrected chi connectivity index (χ2v) is 6.44. The lowest BCUT2D eigenvalue weighted by atomic mass is 9.49. The molecule has 0 atom stereocenters. The molecule has 0 unspecified atom stereocenters. The first kappa shape index (κ1) is 11.6. The normalized spacial score (nSPS) is 47.1. The fraction of sp³-hybridized carbons (Fsp3) is 0.867. The van der Waals surface area contributed by atoms with Crippen LogP contribution in [0.25, 0.3) is 0 Å². The molecular formula is C15H24O2. The lowest BCUT2D eigenvalue weighted by Gasteiger charge is -2.59. The Labute approximate surface area is 104 Å². The lowest BCUT2D eigenvalue weighted by molar-refractivity contribution is -0.177. The van der Waals surface area contributed by atoms with Crippen molar-refractivity contribution in [3.8, 4) is 0 Å². The van der Waals surface area contributed by atoms with Crippen molar-refractivity contribution in [3.05, 3.63) is 12.8 Å². The van der Waals surface area contributed by atoms with Crippen LogP contribution in [-0.2, 0) is 4.74 Å². The van der Waals surface area contributed by atoms with Gasteiger partial charge in [-0.1, -0.05) is 6.58 Å². The van der Waals surface area contributed by atoms with Gasteiger partial charge in [0.15, 0.2) is 0 Å². The first-order chi connectivity index (χ1) is 8.22. The third-order valence-electron chi connectivity index (χ3n) is 5.51. The summed E-state index contributed by atoms with van der Waals surface area (Å²) in [6.45, 7) is 4.26. The van der Waals surface area contributed by atoms with Crippen molar-refractivity contribution in [1.29, 1.82) is 0 Å². The molecule has 0 aliphatic heterocycles. The van der Waals surface area contributed by atoms with Crippen LogP contribution in [0.5, 0.6) is 0 Å². The highest BCUT2D eigenvalue weighted by Gasteiger charge is 2.55.